The van der Waals surface area contributed by atoms with E-state index in [1.54, 1.807) is 5.38 Å². The predicted octanol–water partition coefficient (Wildman–Crippen LogP) is 4.89. The summed E-state index contributed by atoms with van der Waals surface area (Å²) in [6, 6.07) is 29.3. The van der Waals surface area contributed by atoms with E-state index < -0.39 is 10.7 Å². The van der Waals surface area contributed by atoms with Crippen LogP contribution in [0.1, 0.15) is 22.4 Å². The lowest BCUT2D eigenvalue weighted by Crippen LogP contribution is -2.32. The predicted molar refractivity (Wildman–Crippen MR) is 127 cm³/mol. The van der Waals surface area contributed by atoms with Crippen LogP contribution in [-0.4, -0.2) is 15.8 Å². The summed E-state index contributed by atoms with van der Waals surface area (Å²) in [4.78, 5) is 22.7. The van der Waals surface area contributed by atoms with Crippen LogP contribution in [0.15, 0.2) is 102 Å². The van der Waals surface area contributed by atoms with Crippen molar-refractivity contribution in [2.45, 2.75) is 5.60 Å². The third-order valence-corrected chi connectivity index (χ3v) is 5.67. The lowest BCUT2D eigenvalue weighted by atomic mass is 9.80. The van der Waals surface area contributed by atoms with Gasteiger partial charge in [0.1, 0.15) is 5.69 Å². The Kier molecular flexibility index (Phi) is 6.16. The standard InChI is InChI=1S/C24H19N3O2S2/c25-23-26-20(16-31-23)21(22(28)30)27-29-24(17-10-4-1-5-11-17,18-12-6-2-7-13-18)19-14-8-3-9-15-19/h1-16H,(H2,25,26)(H,28,30)/b27-21-. The Morgan fingerprint density at radius 1 is 0.871 bits per heavy atom. The smallest absolute Gasteiger partial charge is 0.240 e. The molecule has 0 bridgehead atoms. The minimum atomic E-state index is -1.10. The van der Waals surface area contributed by atoms with E-state index in [0.29, 0.717) is 10.8 Å². The summed E-state index contributed by atoms with van der Waals surface area (Å²) in [6.07, 6.45) is 0. The first-order chi connectivity index (χ1) is 15.1. The summed E-state index contributed by atoms with van der Waals surface area (Å²) in [6.45, 7) is 0. The Morgan fingerprint density at radius 2 is 1.32 bits per heavy atom. The molecular weight excluding hydrogens is 426 g/mol. The Bertz CT molecular complexity index is 1100. The highest BCUT2D eigenvalue weighted by molar-refractivity contribution is 7.99. The van der Waals surface area contributed by atoms with Gasteiger partial charge < -0.3 is 10.6 Å². The zero-order chi connectivity index (χ0) is 21.7. The first-order valence-electron chi connectivity index (χ1n) is 9.48. The van der Waals surface area contributed by atoms with Crippen LogP contribution < -0.4 is 5.73 Å². The quantitative estimate of drug-likeness (QED) is 0.184. The fourth-order valence-corrected chi connectivity index (χ4v) is 4.09. The van der Waals surface area contributed by atoms with Crippen molar-refractivity contribution < 1.29 is 9.63 Å². The second-order valence-corrected chi connectivity index (χ2v) is 7.98. The summed E-state index contributed by atoms with van der Waals surface area (Å²) >= 11 is 5.20. The number of anilines is 1. The van der Waals surface area contributed by atoms with Crippen molar-refractivity contribution in [1.82, 2.24) is 4.98 Å². The highest BCUT2D eigenvalue weighted by Gasteiger charge is 2.40. The van der Waals surface area contributed by atoms with Crippen LogP contribution in [0.4, 0.5) is 5.13 Å². The second kappa shape index (κ2) is 9.16. The van der Waals surface area contributed by atoms with E-state index in [0.717, 1.165) is 16.7 Å². The number of rotatable bonds is 7. The number of nitrogen functional groups attached to an aromatic ring is 1. The molecule has 2 N–H and O–H groups in total. The van der Waals surface area contributed by atoms with Gasteiger partial charge in [-0.25, -0.2) is 4.98 Å². The van der Waals surface area contributed by atoms with E-state index >= 15 is 0 Å². The van der Waals surface area contributed by atoms with Crippen molar-refractivity contribution >= 4 is 39.9 Å². The van der Waals surface area contributed by atoms with E-state index in [1.807, 2.05) is 91.0 Å². The van der Waals surface area contributed by atoms with Crippen LogP contribution in [0.25, 0.3) is 0 Å². The highest BCUT2D eigenvalue weighted by Crippen LogP contribution is 2.40. The van der Waals surface area contributed by atoms with E-state index in [2.05, 4.69) is 22.8 Å². The van der Waals surface area contributed by atoms with Crippen molar-refractivity contribution in [3.8, 4) is 0 Å². The molecule has 4 rings (SSSR count). The molecular formula is C24H19N3O2S2. The molecule has 0 saturated carbocycles. The topological polar surface area (TPSA) is 77.6 Å². The lowest BCUT2D eigenvalue weighted by molar-refractivity contribution is -0.105. The Hall–Kier alpha value is -3.42. The van der Waals surface area contributed by atoms with E-state index in [9.17, 15) is 4.79 Å². The number of thiazole rings is 1. The number of carbonyl (C=O) groups excluding carboxylic acids is 1. The largest absolute Gasteiger partial charge is 0.375 e. The zero-order valence-electron chi connectivity index (χ0n) is 16.4. The summed E-state index contributed by atoms with van der Waals surface area (Å²) in [7, 11) is 0. The molecule has 1 heterocycles. The third kappa shape index (κ3) is 4.23. The molecule has 0 radical (unpaired) electrons. The molecule has 31 heavy (non-hydrogen) atoms. The lowest BCUT2D eigenvalue weighted by Gasteiger charge is -2.33. The van der Waals surface area contributed by atoms with E-state index in [1.165, 1.54) is 11.3 Å². The van der Waals surface area contributed by atoms with Crippen LogP contribution in [0.2, 0.25) is 0 Å². The van der Waals surface area contributed by atoms with Gasteiger partial charge in [-0.3, -0.25) is 4.79 Å². The molecule has 0 aliphatic rings. The van der Waals surface area contributed by atoms with Crippen LogP contribution in [0.3, 0.4) is 0 Å². The van der Waals surface area contributed by atoms with Crippen molar-refractivity contribution in [3.05, 3.63) is 119 Å². The van der Waals surface area contributed by atoms with Gasteiger partial charge in [0.05, 0.1) is 0 Å². The van der Waals surface area contributed by atoms with Gasteiger partial charge in [0.25, 0.3) is 0 Å². The van der Waals surface area contributed by atoms with Crippen molar-refractivity contribution in [1.29, 1.82) is 0 Å². The second-order valence-electron chi connectivity index (χ2n) is 6.69. The van der Waals surface area contributed by atoms with Gasteiger partial charge in [-0.2, -0.15) is 0 Å². The van der Waals surface area contributed by atoms with Crippen LogP contribution >= 0.6 is 24.0 Å². The molecule has 0 atom stereocenters. The number of carbonyl (C=O) groups is 1. The third-order valence-electron chi connectivity index (χ3n) is 4.78. The Balaban J connectivity index is 1.95. The molecule has 4 aromatic rings. The molecule has 0 unspecified atom stereocenters. The van der Waals surface area contributed by atoms with Crippen molar-refractivity contribution in [2.75, 3.05) is 5.73 Å². The molecule has 7 heteroatoms. The molecule has 0 aliphatic heterocycles. The Labute approximate surface area is 189 Å². The number of nitrogens with zero attached hydrogens (tertiary/aromatic N) is 2. The maximum absolute atomic E-state index is 12.3. The molecule has 0 fully saturated rings. The van der Waals surface area contributed by atoms with Crippen LogP contribution in [0.5, 0.6) is 0 Å². The SMILES string of the molecule is Nc1nc(/C(=N/OC(c2ccccc2)(c2ccccc2)c2ccccc2)C(=O)S)cs1. The maximum atomic E-state index is 12.3. The fraction of sp³-hybridized carbons (Fsp3) is 0.0417. The van der Waals surface area contributed by atoms with Gasteiger partial charge in [-0.15, -0.1) is 11.3 Å². The van der Waals surface area contributed by atoms with Crippen molar-refractivity contribution in [3.63, 3.8) is 0 Å². The van der Waals surface area contributed by atoms with Crippen molar-refractivity contribution in [2.24, 2.45) is 5.16 Å². The fourth-order valence-electron chi connectivity index (χ4n) is 3.38. The van der Waals surface area contributed by atoms with Gasteiger partial charge in [0.2, 0.25) is 10.7 Å². The Morgan fingerprint density at radius 3 is 1.68 bits per heavy atom. The normalized spacial score (nSPS) is 11.8. The molecule has 3 aromatic carbocycles. The highest BCUT2D eigenvalue weighted by atomic mass is 32.1. The molecule has 0 saturated heterocycles. The van der Waals surface area contributed by atoms with Gasteiger partial charge in [-0.05, 0) is 0 Å². The average Bonchev–Trinajstić information content (AvgIpc) is 3.24. The summed E-state index contributed by atoms with van der Waals surface area (Å²) in [5.74, 6) is 0. The molecule has 0 aliphatic carbocycles. The first kappa shape index (κ1) is 20.8. The number of hydrogen-bond donors (Lipinski definition) is 2. The summed E-state index contributed by atoms with van der Waals surface area (Å²) in [5, 5.41) is 5.71. The van der Waals surface area contributed by atoms with E-state index in [4.69, 9.17) is 10.6 Å². The van der Waals surface area contributed by atoms with Gasteiger partial charge in [0, 0.05) is 22.1 Å². The van der Waals surface area contributed by atoms with E-state index in [-0.39, 0.29) is 5.71 Å². The number of oxime groups is 1. The van der Waals surface area contributed by atoms with Crippen LogP contribution in [-0.2, 0) is 15.2 Å². The minimum absolute atomic E-state index is 0.0107. The average molecular weight is 446 g/mol. The molecule has 0 amide bonds. The number of hydrogen-bond acceptors (Lipinski definition) is 6. The molecule has 5 nitrogen and oxygen atoms in total. The number of aromatic nitrogens is 1. The summed E-state index contributed by atoms with van der Waals surface area (Å²) < 4.78 is 0. The number of thiol groups is 1. The van der Waals surface area contributed by atoms with Crippen LogP contribution in [0, 0.1) is 0 Å². The van der Waals surface area contributed by atoms with Gasteiger partial charge in [-0.1, -0.05) is 109 Å². The monoisotopic (exact) mass is 445 g/mol. The summed E-state index contributed by atoms with van der Waals surface area (Å²) in [5.41, 5.74) is 7.55. The van der Waals surface area contributed by atoms with Gasteiger partial charge >= 0.3 is 0 Å². The molecule has 0 spiro atoms. The first-order valence-corrected chi connectivity index (χ1v) is 10.8. The molecule has 154 valence electrons. The van der Waals surface area contributed by atoms with Gasteiger partial charge in [0.15, 0.2) is 10.8 Å². The minimum Gasteiger partial charge on any atom is -0.375 e. The zero-order valence-corrected chi connectivity index (χ0v) is 18.1. The number of nitrogens with two attached hydrogens (primary N) is 1. The molecule has 1 aromatic heterocycles. The number of benzene rings is 3. The maximum Gasteiger partial charge on any atom is 0.240 e.